The number of hydrogen-bond acceptors (Lipinski definition) is 1. The van der Waals surface area contributed by atoms with Crippen molar-refractivity contribution in [3.63, 3.8) is 0 Å². The molecule has 1 atom stereocenters. The van der Waals surface area contributed by atoms with Crippen molar-refractivity contribution in [2.45, 2.75) is 0 Å². The molecule has 0 aliphatic rings. The van der Waals surface area contributed by atoms with Gasteiger partial charge in [-0.05, 0) is 0 Å². The van der Waals surface area contributed by atoms with Crippen molar-refractivity contribution in [2.75, 3.05) is 0 Å². The average molecular weight is 295 g/mol. The quantitative estimate of drug-likeness (QED) is 0.590. The van der Waals surface area contributed by atoms with Gasteiger partial charge in [-0.1, -0.05) is 0 Å². The first-order chi connectivity index (χ1) is 5.77. The van der Waals surface area contributed by atoms with Crippen molar-refractivity contribution >= 4 is 42.0 Å². The van der Waals surface area contributed by atoms with Gasteiger partial charge in [0.05, 0.1) is 0 Å². The van der Waals surface area contributed by atoms with Crippen LogP contribution in [0.4, 0.5) is 0 Å². The van der Waals surface area contributed by atoms with Crippen molar-refractivity contribution in [1.82, 2.24) is 0 Å². The summed E-state index contributed by atoms with van der Waals surface area (Å²) in [5.41, 5.74) is 0.742. The standard InChI is InChI=1S/C7H4O3Se2/c8-12(9)7-10-5-3-1-2-4-6(5)11-7/h1-4H/p+1. The van der Waals surface area contributed by atoms with Crippen LogP contribution in [-0.4, -0.2) is 32.9 Å². The van der Waals surface area contributed by atoms with Gasteiger partial charge in [-0.2, -0.15) is 0 Å². The molecular weight excluding hydrogens is 290 g/mol. The van der Waals surface area contributed by atoms with Crippen molar-refractivity contribution < 1.29 is 12.4 Å². The SMILES string of the molecule is O=[Se](O)c1[o+]c2ccccc2[se]1. The van der Waals surface area contributed by atoms with Gasteiger partial charge in [-0.15, -0.1) is 0 Å². The molecule has 12 heavy (non-hydrogen) atoms. The summed E-state index contributed by atoms with van der Waals surface area (Å²) in [5.74, 6) is 0. The van der Waals surface area contributed by atoms with E-state index in [4.69, 9.17) is 8.61 Å². The Kier molecular flexibility index (Phi) is 2.22. The van der Waals surface area contributed by atoms with Crippen molar-refractivity contribution in [3.8, 4) is 0 Å². The van der Waals surface area contributed by atoms with Crippen molar-refractivity contribution in [2.24, 2.45) is 0 Å². The third-order valence-electron chi connectivity index (χ3n) is 1.38. The first-order valence-corrected chi connectivity index (χ1v) is 7.23. The fourth-order valence-corrected chi connectivity index (χ4v) is 4.54. The first kappa shape index (κ1) is 8.29. The van der Waals surface area contributed by atoms with Crippen LogP contribution < -0.4 is 3.53 Å². The molecule has 3 nitrogen and oxygen atoms in total. The van der Waals surface area contributed by atoms with Crippen LogP contribution in [-0.2, 0) is 3.83 Å². The average Bonchev–Trinajstić information content (AvgIpc) is 2.46. The summed E-state index contributed by atoms with van der Waals surface area (Å²) < 4.78 is 26.2. The molecule has 1 unspecified atom stereocenters. The zero-order chi connectivity index (χ0) is 8.55. The second-order valence-electron chi connectivity index (χ2n) is 2.15. The van der Waals surface area contributed by atoms with Gasteiger partial charge in [0.2, 0.25) is 0 Å². The topological polar surface area (TPSA) is 48.6 Å². The molecule has 1 heterocycles. The van der Waals surface area contributed by atoms with E-state index in [2.05, 4.69) is 0 Å². The van der Waals surface area contributed by atoms with E-state index in [0.29, 0.717) is 3.53 Å². The normalized spacial score (nSPS) is 13.4. The van der Waals surface area contributed by atoms with Crippen LogP contribution in [0.2, 0.25) is 0 Å². The number of fused-ring (bicyclic) bond motifs is 1. The first-order valence-electron chi connectivity index (χ1n) is 3.20. The Bertz CT molecular complexity index is 402. The zero-order valence-electron chi connectivity index (χ0n) is 5.89. The zero-order valence-corrected chi connectivity index (χ0v) is 9.32. The van der Waals surface area contributed by atoms with Crippen LogP contribution in [0, 0.1) is 0 Å². The van der Waals surface area contributed by atoms with E-state index in [1.165, 1.54) is 0 Å². The van der Waals surface area contributed by atoms with Gasteiger partial charge < -0.3 is 0 Å². The van der Waals surface area contributed by atoms with E-state index >= 15 is 0 Å². The minimum atomic E-state index is -2.81. The maximum atomic E-state index is 10.7. The molecule has 0 saturated carbocycles. The molecule has 2 aromatic rings. The fourth-order valence-electron chi connectivity index (χ4n) is 0.890. The van der Waals surface area contributed by atoms with E-state index in [-0.39, 0.29) is 14.5 Å². The molecule has 0 aliphatic heterocycles. The molecule has 0 spiro atoms. The predicted octanol–water partition coefficient (Wildman–Crippen LogP) is -0.111. The summed E-state index contributed by atoms with van der Waals surface area (Å²) in [6.07, 6.45) is 0. The molecule has 0 radical (unpaired) electrons. The Morgan fingerprint density at radius 1 is 1.42 bits per heavy atom. The second-order valence-corrected chi connectivity index (χ2v) is 7.41. The number of rotatable bonds is 1. The van der Waals surface area contributed by atoms with Crippen LogP contribution in [0.1, 0.15) is 0 Å². The molecule has 62 valence electrons. The molecule has 1 aromatic heterocycles. The Morgan fingerprint density at radius 3 is 2.83 bits per heavy atom. The molecular formula is C7H5O3Se2+. The van der Waals surface area contributed by atoms with Gasteiger partial charge in [0, 0.05) is 0 Å². The van der Waals surface area contributed by atoms with E-state index in [1.807, 2.05) is 24.3 Å². The Hall–Kier alpha value is -0.311. The Morgan fingerprint density at radius 2 is 2.17 bits per heavy atom. The van der Waals surface area contributed by atoms with E-state index in [1.54, 1.807) is 0 Å². The minimum absolute atomic E-state index is 0.0717. The van der Waals surface area contributed by atoms with Crippen LogP contribution >= 0.6 is 0 Å². The van der Waals surface area contributed by atoms with E-state index < -0.39 is 14.2 Å². The summed E-state index contributed by atoms with van der Waals surface area (Å²) in [4.78, 5) is 0. The summed E-state index contributed by atoms with van der Waals surface area (Å²) >= 11 is -2.88. The van der Waals surface area contributed by atoms with Crippen LogP contribution in [0.3, 0.4) is 0 Å². The van der Waals surface area contributed by atoms with Crippen LogP contribution in [0.25, 0.3) is 9.84 Å². The number of para-hydroxylation sites is 1. The van der Waals surface area contributed by atoms with Gasteiger partial charge >= 0.3 is 78.7 Å². The summed E-state index contributed by atoms with van der Waals surface area (Å²) in [7, 11) is 0. The molecule has 0 aliphatic carbocycles. The predicted molar refractivity (Wildman–Crippen MR) is 45.9 cm³/mol. The van der Waals surface area contributed by atoms with E-state index in [9.17, 15) is 3.83 Å². The molecule has 0 fully saturated rings. The number of benzene rings is 1. The Labute approximate surface area is 78.8 Å². The third-order valence-corrected chi connectivity index (χ3v) is 6.31. The molecule has 0 saturated heterocycles. The van der Waals surface area contributed by atoms with Gasteiger partial charge in [0.1, 0.15) is 0 Å². The molecule has 2 rings (SSSR count). The van der Waals surface area contributed by atoms with Gasteiger partial charge in [-0.3, -0.25) is 0 Å². The van der Waals surface area contributed by atoms with Crippen molar-refractivity contribution in [3.05, 3.63) is 24.3 Å². The van der Waals surface area contributed by atoms with Crippen LogP contribution in [0.15, 0.2) is 28.7 Å². The summed E-state index contributed by atoms with van der Waals surface area (Å²) in [6, 6.07) is 7.51. The van der Waals surface area contributed by atoms with Crippen LogP contribution in [0.5, 0.6) is 0 Å². The summed E-state index contributed by atoms with van der Waals surface area (Å²) in [5, 5.41) is 0. The third kappa shape index (κ3) is 1.42. The summed E-state index contributed by atoms with van der Waals surface area (Å²) in [6.45, 7) is 0. The molecule has 1 N–H and O–H groups in total. The fraction of sp³-hybridized carbons (Fsp3) is 0. The number of hydrogen-bond donors (Lipinski definition) is 1. The van der Waals surface area contributed by atoms with E-state index in [0.717, 1.165) is 9.84 Å². The monoisotopic (exact) mass is 297 g/mol. The van der Waals surface area contributed by atoms with Gasteiger partial charge in [0.15, 0.2) is 0 Å². The Balaban J connectivity index is 2.70. The second kappa shape index (κ2) is 3.21. The molecule has 0 amide bonds. The molecule has 1 aromatic carbocycles. The molecule has 5 heteroatoms. The van der Waals surface area contributed by atoms with Gasteiger partial charge in [0.25, 0.3) is 0 Å². The van der Waals surface area contributed by atoms with Gasteiger partial charge in [-0.25, -0.2) is 0 Å². The molecule has 0 bridgehead atoms. The van der Waals surface area contributed by atoms with Crippen molar-refractivity contribution in [1.29, 1.82) is 0 Å². The maximum absolute atomic E-state index is 10.7.